The topological polar surface area (TPSA) is 18.5 Å². The molecule has 2 atom stereocenters. The second-order valence-corrected chi connectivity index (χ2v) is 4.62. The molecule has 1 aliphatic rings. The predicted molar refractivity (Wildman–Crippen MR) is 61.7 cm³/mol. The lowest BCUT2D eigenvalue weighted by Crippen LogP contribution is -2.43. The van der Waals surface area contributed by atoms with Crippen LogP contribution in [-0.2, 0) is 0 Å². The highest BCUT2D eigenvalue weighted by Crippen LogP contribution is 2.15. The van der Waals surface area contributed by atoms with Crippen LogP contribution in [0.1, 0.15) is 19.8 Å². The zero-order valence-corrected chi connectivity index (χ0v) is 10.1. The lowest BCUT2D eigenvalue weighted by atomic mass is 10.2. The fraction of sp³-hybridized carbons (Fsp3) is 1.00. The molecule has 0 saturated carbocycles. The Morgan fingerprint density at radius 2 is 2.29 bits per heavy atom. The first kappa shape index (κ1) is 12.0. The van der Waals surface area contributed by atoms with Gasteiger partial charge < -0.3 is 15.1 Å². The van der Waals surface area contributed by atoms with Crippen molar-refractivity contribution in [1.82, 2.24) is 15.1 Å². The molecule has 1 saturated heterocycles. The quantitative estimate of drug-likeness (QED) is 0.700. The van der Waals surface area contributed by atoms with E-state index in [1.54, 1.807) is 0 Å². The van der Waals surface area contributed by atoms with Crippen molar-refractivity contribution in [3.63, 3.8) is 0 Å². The lowest BCUT2D eigenvalue weighted by molar-refractivity contribution is 0.183. The van der Waals surface area contributed by atoms with Crippen LogP contribution in [0.2, 0.25) is 0 Å². The molecule has 0 aromatic heterocycles. The van der Waals surface area contributed by atoms with Crippen LogP contribution in [0.5, 0.6) is 0 Å². The van der Waals surface area contributed by atoms with E-state index in [-0.39, 0.29) is 0 Å². The fourth-order valence-corrected chi connectivity index (χ4v) is 2.17. The number of hydrogen-bond donors (Lipinski definition) is 1. The molecular formula is C11H25N3. The van der Waals surface area contributed by atoms with E-state index in [0.717, 1.165) is 12.6 Å². The molecule has 3 heteroatoms. The summed E-state index contributed by atoms with van der Waals surface area (Å²) in [5.74, 6) is 0. The largest absolute Gasteiger partial charge is 0.318 e. The van der Waals surface area contributed by atoms with Crippen LogP contribution in [0.4, 0.5) is 0 Å². The molecule has 1 N–H and O–H groups in total. The second-order valence-electron chi connectivity index (χ2n) is 4.62. The zero-order valence-electron chi connectivity index (χ0n) is 10.1. The summed E-state index contributed by atoms with van der Waals surface area (Å²) in [5.41, 5.74) is 0. The summed E-state index contributed by atoms with van der Waals surface area (Å²) in [6.45, 7) is 5.84. The maximum Gasteiger partial charge on any atom is 0.0220 e. The highest BCUT2D eigenvalue weighted by atomic mass is 15.2. The Morgan fingerprint density at radius 3 is 2.79 bits per heavy atom. The van der Waals surface area contributed by atoms with Gasteiger partial charge in [0.1, 0.15) is 0 Å². The van der Waals surface area contributed by atoms with Gasteiger partial charge in [0.05, 0.1) is 0 Å². The Balaban J connectivity index is 2.28. The smallest absolute Gasteiger partial charge is 0.0220 e. The van der Waals surface area contributed by atoms with Crippen LogP contribution in [-0.4, -0.2) is 62.7 Å². The minimum atomic E-state index is 0.633. The van der Waals surface area contributed by atoms with Crippen molar-refractivity contribution in [2.45, 2.75) is 31.8 Å². The number of hydrogen-bond acceptors (Lipinski definition) is 3. The van der Waals surface area contributed by atoms with Gasteiger partial charge in [0.15, 0.2) is 0 Å². The van der Waals surface area contributed by atoms with Crippen LogP contribution in [0.15, 0.2) is 0 Å². The monoisotopic (exact) mass is 199 g/mol. The van der Waals surface area contributed by atoms with Crippen LogP contribution < -0.4 is 5.32 Å². The average molecular weight is 199 g/mol. The third kappa shape index (κ3) is 3.23. The number of likely N-dealkylation sites (tertiary alicyclic amines) is 1. The number of likely N-dealkylation sites (N-methyl/N-ethyl adjacent to an activating group) is 3. The Labute approximate surface area is 88.5 Å². The van der Waals surface area contributed by atoms with E-state index in [1.165, 1.54) is 25.9 Å². The van der Waals surface area contributed by atoms with E-state index in [2.05, 4.69) is 36.1 Å². The molecule has 0 aromatic carbocycles. The Hall–Kier alpha value is -0.120. The zero-order chi connectivity index (χ0) is 10.6. The molecule has 2 unspecified atom stereocenters. The van der Waals surface area contributed by atoms with Gasteiger partial charge in [-0.3, -0.25) is 0 Å². The molecule has 0 aromatic rings. The molecular weight excluding hydrogens is 174 g/mol. The molecule has 0 bridgehead atoms. The summed E-state index contributed by atoms with van der Waals surface area (Å²) >= 11 is 0. The van der Waals surface area contributed by atoms with E-state index in [9.17, 15) is 0 Å². The summed E-state index contributed by atoms with van der Waals surface area (Å²) in [4.78, 5) is 4.95. The van der Waals surface area contributed by atoms with Gasteiger partial charge >= 0.3 is 0 Å². The van der Waals surface area contributed by atoms with Crippen molar-refractivity contribution < 1.29 is 0 Å². The molecule has 84 valence electrons. The van der Waals surface area contributed by atoms with Gasteiger partial charge in [-0.25, -0.2) is 0 Å². The Kier molecular flexibility index (Phi) is 4.85. The van der Waals surface area contributed by atoms with Crippen molar-refractivity contribution in [3.05, 3.63) is 0 Å². The highest BCUT2D eigenvalue weighted by Gasteiger charge is 2.23. The van der Waals surface area contributed by atoms with Gasteiger partial charge in [0.2, 0.25) is 0 Å². The van der Waals surface area contributed by atoms with E-state index in [1.807, 2.05) is 7.05 Å². The number of nitrogens with one attached hydrogen (secondary N) is 1. The van der Waals surface area contributed by atoms with E-state index < -0.39 is 0 Å². The summed E-state index contributed by atoms with van der Waals surface area (Å²) in [7, 11) is 6.49. The van der Waals surface area contributed by atoms with Crippen LogP contribution in [0.3, 0.4) is 0 Å². The number of nitrogens with zero attached hydrogens (tertiary/aromatic N) is 2. The van der Waals surface area contributed by atoms with Crippen molar-refractivity contribution in [2.75, 3.05) is 40.8 Å². The average Bonchev–Trinajstić information content (AvgIpc) is 2.52. The standard InChI is InChI=1S/C11H25N3/c1-10(8-12-2)14(4)9-11-6-5-7-13(11)3/h10-12H,5-9H2,1-4H3. The normalized spacial score (nSPS) is 25.9. The van der Waals surface area contributed by atoms with Crippen molar-refractivity contribution in [1.29, 1.82) is 0 Å². The first-order valence-electron chi connectivity index (χ1n) is 5.70. The molecule has 0 spiro atoms. The molecule has 0 amide bonds. The molecule has 14 heavy (non-hydrogen) atoms. The highest BCUT2D eigenvalue weighted by molar-refractivity contribution is 4.80. The van der Waals surface area contributed by atoms with Crippen molar-refractivity contribution >= 4 is 0 Å². The van der Waals surface area contributed by atoms with Gasteiger partial charge in [-0.1, -0.05) is 0 Å². The van der Waals surface area contributed by atoms with Crippen molar-refractivity contribution in [3.8, 4) is 0 Å². The number of rotatable bonds is 5. The minimum absolute atomic E-state index is 0.633. The van der Waals surface area contributed by atoms with Gasteiger partial charge in [-0.15, -0.1) is 0 Å². The van der Waals surface area contributed by atoms with Crippen LogP contribution in [0, 0.1) is 0 Å². The lowest BCUT2D eigenvalue weighted by Gasteiger charge is -2.30. The molecule has 0 radical (unpaired) electrons. The third-order valence-corrected chi connectivity index (χ3v) is 3.42. The van der Waals surface area contributed by atoms with Gasteiger partial charge in [0, 0.05) is 25.2 Å². The van der Waals surface area contributed by atoms with Gasteiger partial charge in [0.25, 0.3) is 0 Å². The van der Waals surface area contributed by atoms with Crippen LogP contribution >= 0.6 is 0 Å². The molecule has 3 nitrogen and oxygen atoms in total. The summed E-state index contributed by atoms with van der Waals surface area (Å²) < 4.78 is 0. The molecule has 1 aliphatic heterocycles. The first-order chi connectivity index (χ1) is 6.65. The van der Waals surface area contributed by atoms with Gasteiger partial charge in [-0.05, 0) is 47.5 Å². The molecule has 1 fully saturated rings. The van der Waals surface area contributed by atoms with Gasteiger partial charge in [-0.2, -0.15) is 0 Å². The molecule has 0 aliphatic carbocycles. The summed E-state index contributed by atoms with van der Waals surface area (Å²) in [6.07, 6.45) is 2.74. The third-order valence-electron chi connectivity index (χ3n) is 3.42. The van der Waals surface area contributed by atoms with E-state index in [4.69, 9.17) is 0 Å². The maximum absolute atomic E-state index is 3.23. The Morgan fingerprint density at radius 1 is 1.57 bits per heavy atom. The predicted octanol–water partition coefficient (Wildman–Crippen LogP) is 0.620. The van der Waals surface area contributed by atoms with Crippen LogP contribution in [0.25, 0.3) is 0 Å². The molecule has 1 rings (SSSR count). The Bertz CT molecular complexity index is 161. The van der Waals surface area contributed by atoms with Crippen molar-refractivity contribution in [2.24, 2.45) is 0 Å². The maximum atomic E-state index is 3.23. The molecule has 1 heterocycles. The van der Waals surface area contributed by atoms with E-state index in [0.29, 0.717) is 6.04 Å². The SMILES string of the molecule is CNCC(C)N(C)CC1CCCN1C. The first-order valence-corrected chi connectivity index (χ1v) is 5.70. The minimum Gasteiger partial charge on any atom is -0.318 e. The fourth-order valence-electron chi connectivity index (χ4n) is 2.17. The second kappa shape index (κ2) is 5.69. The summed E-state index contributed by atoms with van der Waals surface area (Å²) in [6, 6.07) is 1.41. The summed E-state index contributed by atoms with van der Waals surface area (Å²) in [5, 5.41) is 3.23. The van der Waals surface area contributed by atoms with E-state index >= 15 is 0 Å².